The zero-order chi connectivity index (χ0) is 15.1. The maximum absolute atomic E-state index is 11.8. The normalized spacial score (nSPS) is 11.8. The lowest BCUT2D eigenvalue weighted by molar-refractivity contribution is -0.142. The number of benzene rings is 2. The van der Waals surface area contributed by atoms with Crippen LogP contribution in [0.25, 0.3) is 6.08 Å². The minimum absolute atomic E-state index is 0.288. The lowest BCUT2D eigenvalue weighted by atomic mass is 10.1. The Morgan fingerprint density at radius 2 is 1.81 bits per heavy atom. The van der Waals surface area contributed by atoms with E-state index in [2.05, 4.69) is 0 Å². The monoisotopic (exact) mass is 277 g/mol. The largest absolute Gasteiger partial charge is 0.455 e. The van der Waals surface area contributed by atoms with Crippen LogP contribution in [0.3, 0.4) is 0 Å². The first-order valence-corrected chi connectivity index (χ1v) is 6.63. The van der Waals surface area contributed by atoms with Crippen LogP contribution in [0.1, 0.15) is 29.7 Å². The molecule has 2 aromatic rings. The number of nitriles is 1. The van der Waals surface area contributed by atoms with Crippen molar-refractivity contribution < 1.29 is 9.53 Å². The fourth-order valence-corrected chi connectivity index (χ4v) is 1.84. The molecule has 21 heavy (non-hydrogen) atoms. The topological polar surface area (TPSA) is 50.1 Å². The molecule has 0 aliphatic heterocycles. The second kappa shape index (κ2) is 7.06. The molecule has 3 nitrogen and oxygen atoms in total. The van der Waals surface area contributed by atoms with Gasteiger partial charge in [-0.15, -0.1) is 0 Å². The standard InChI is InChI=1S/C18H15NO2/c1-14(17-5-3-2-4-6-17)21-18(20)12-11-15-7-9-16(13-19)10-8-15/h2-12,14H,1H3/b12-11+/t14-/m1/s1. The van der Waals surface area contributed by atoms with Gasteiger partial charge in [0, 0.05) is 6.08 Å². The van der Waals surface area contributed by atoms with Crippen LogP contribution in [0.15, 0.2) is 60.7 Å². The van der Waals surface area contributed by atoms with Crippen molar-refractivity contribution >= 4 is 12.0 Å². The van der Waals surface area contributed by atoms with Gasteiger partial charge in [-0.05, 0) is 36.3 Å². The summed E-state index contributed by atoms with van der Waals surface area (Å²) in [4.78, 5) is 11.8. The highest BCUT2D eigenvalue weighted by molar-refractivity contribution is 5.87. The molecule has 104 valence electrons. The van der Waals surface area contributed by atoms with E-state index in [1.165, 1.54) is 6.08 Å². The van der Waals surface area contributed by atoms with E-state index in [1.54, 1.807) is 30.3 Å². The van der Waals surface area contributed by atoms with Crippen molar-refractivity contribution in [1.29, 1.82) is 5.26 Å². The van der Waals surface area contributed by atoms with Gasteiger partial charge < -0.3 is 4.74 Å². The van der Waals surface area contributed by atoms with Crippen molar-refractivity contribution in [2.24, 2.45) is 0 Å². The van der Waals surface area contributed by atoms with Crippen molar-refractivity contribution in [3.05, 3.63) is 77.4 Å². The minimum atomic E-state index is -0.393. The van der Waals surface area contributed by atoms with Gasteiger partial charge >= 0.3 is 5.97 Å². The first-order chi connectivity index (χ1) is 10.2. The Morgan fingerprint density at radius 3 is 2.43 bits per heavy atom. The predicted octanol–water partition coefficient (Wildman–Crippen LogP) is 3.88. The first-order valence-electron chi connectivity index (χ1n) is 6.63. The van der Waals surface area contributed by atoms with Gasteiger partial charge in [-0.1, -0.05) is 42.5 Å². The number of carbonyl (C=O) groups excluding carboxylic acids is 1. The molecule has 0 amide bonds. The summed E-state index contributed by atoms with van der Waals surface area (Å²) in [5.74, 6) is -0.393. The minimum Gasteiger partial charge on any atom is -0.455 e. The van der Waals surface area contributed by atoms with Crippen molar-refractivity contribution in [3.8, 4) is 6.07 Å². The van der Waals surface area contributed by atoms with Gasteiger partial charge in [0.05, 0.1) is 11.6 Å². The van der Waals surface area contributed by atoms with Crippen LogP contribution in [0, 0.1) is 11.3 Å². The number of ether oxygens (including phenoxy) is 1. The summed E-state index contributed by atoms with van der Waals surface area (Å²) in [6.45, 7) is 1.84. The van der Waals surface area contributed by atoms with Crippen LogP contribution < -0.4 is 0 Å². The van der Waals surface area contributed by atoms with Crippen molar-refractivity contribution in [1.82, 2.24) is 0 Å². The molecule has 0 fully saturated rings. The summed E-state index contributed by atoms with van der Waals surface area (Å²) < 4.78 is 5.32. The van der Waals surface area contributed by atoms with Crippen molar-refractivity contribution in [2.45, 2.75) is 13.0 Å². The Hall–Kier alpha value is -2.86. The molecular formula is C18H15NO2. The summed E-state index contributed by atoms with van der Waals surface area (Å²) in [5.41, 5.74) is 2.39. The fraction of sp³-hybridized carbons (Fsp3) is 0.111. The van der Waals surface area contributed by atoms with E-state index in [-0.39, 0.29) is 6.10 Å². The van der Waals surface area contributed by atoms with Gasteiger partial charge in [-0.25, -0.2) is 4.79 Å². The molecule has 0 aromatic heterocycles. The molecule has 0 saturated carbocycles. The van der Waals surface area contributed by atoms with Gasteiger partial charge in [0.2, 0.25) is 0 Å². The quantitative estimate of drug-likeness (QED) is 0.629. The number of hydrogen-bond acceptors (Lipinski definition) is 3. The number of esters is 1. The van der Waals surface area contributed by atoms with E-state index >= 15 is 0 Å². The predicted molar refractivity (Wildman–Crippen MR) is 81.1 cm³/mol. The molecule has 0 saturated heterocycles. The molecule has 0 spiro atoms. The highest BCUT2D eigenvalue weighted by Crippen LogP contribution is 2.16. The number of rotatable bonds is 4. The third-order valence-electron chi connectivity index (χ3n) is 3.01. The van der Waals surface area contributed by atoms with Gasteiger partial charge in [0.1, 0.15) is 6.10 Å². The SMILES string of the molecule is C[C@@H](OC(=O)/C=C/c1ccc(C#N)cc1)c1ccccc1. The lowest BCUT2D eigenvalue weighted by Gasteiger charge is -2.11. The van der Waals surface area contributed by atoms with E-state index in [4.69, 9.17) is 10.00 Å². The summed E-state index contributed by atoms with van der Waals surface area (Å²) >= 11 is 0. The average molecular weight is 277 g/mol. The maximum atomic E-state index is 11.8. The van der Waals surface area contributed by atoms with Crippen molar-refractivity contribution in [2.75, 3.05) is 0 Å². The molecule has 0 aliphatic carbocycles. The second-order valence-corrected chi connectivity index (χ2v) is 4.56. The Morgan fingerprint density at radius 1 is 1.14 bits per heavy atom. The van der Waals surface area contributed by atoms with Gasteiger partial charge in [-0.2, -0.15) is 5.26 Å². The van der Waals surface area contributed by atoms with Crippen LogP contribution >= 0.6 is 0 Å². The van der Waals surface area contributed by atoms with E-state index in [0.29, 0.717) is 5.56 Å². The molecule has 0 heterocycles. The third kappa shape index (κ3) is 4.32. The Labute approximate surface area is 124 Å². The zero-order valence-corrected chi connectivity index (χ0v) is 11.7. The molecule has 1 atom stereocenters. The van der Waals surface area contributed by atoms with Crippen LogP contribution in [0.5, 0.6) is 0 Å². The molecule has 0 radical (unpaired) electrons. The Bertz CT molecular complexity index is 667. The second-order valence-electron chi connectivity index (χ2n) is 4.56. The summed E-state index contributed by atoms with van der Waals surface area (Å²) in [7, 11) is 0. The number of nitrogens with zero attached hydrogens (tertiary/aromatic N) is 1. The van der Waals surface area contributed by atoms with Crippen LogP contribution in [0.4, 0.5) is 0 Å². The molecular weight excluding hydrogens is 262 g/mol. The molecule has 0 aliphatic rings. The van der Waals surface area contributed by atoms with Gasteiger partial charge in [0.25, 0.3) is 0 Å². The van der Waals surface area contributed by atoms with E-state index in [9.17, 15) is 4.79 Å². The Kier molecular flexibility index (Phi) is 4.89. The van der Waals surface area contributed by atoms with E-state index < -0.39 is 5.97 Å². The average Bonchev–Trinajstić information content (AvgIpc) is 2.54. The Balaban J connectivity index is 1.95. The summed E-state index contributed by atoms with van der Waals surface area (Å²) in [6, 6.07) is 18.6. The van der Waals surface area contributed by atoms with Gasteiger partial charge in [-0.3, -0.25) is 0 Å². The molecule has 3 heteroatoms. The summed E-state index contributed by atoms with van der Waals surface area (Å²) in [5, 5.41) is 8.71. The highest BCUT2D eigenvalue weighted by Gasteiger charge is 2.08. The van der Waals surface area contributed by atoms with Crippen molar-refractivity contribution in [3.63, 3.8) is 0 Å². The first kappa shape index (κ1) is 14.5. The zero-order valence-electron chi connectivity index (χ0n) is 11.7. The highest BCUT2D eigenvalue weighted by atomic mass is 16.5. The molecule has 0 bridgehead atoms. The van der Waals surface area contributed by atoms with Crippen LogP contribution in [-0.2, 0) is 9.53 Å². The van der Waals surface area contributed by atoms with E-state index in [0.717, 1.165) is 11.1 Å². The summed E-state index contributed by atoms with van der Waals surface area (Å²) in [6.07, 6.45) is 2.77. The van der Waals surface area contributed by atoms with Crippen LogP contribution in [0.2, 0.25) is 0 Å². The van der Waals surface area contributed by atoms with Gasteiger partial charge in [0.15, 0.2) is 0 Å². The fourth-order valence-electron chi connectivity index (χ4n) is 1.84. The number of carbonyl (C=O) groups is 1. The molecule has 0 unspecified atom stereocenters. The number of hydrogen-bond donors (Lipinski definition) is 0. The molecule has 2 aromatic carbocycles. The third-order valence-corrected chi connectivity index (χ3v) is 3.01. The lowest BCUT2D eigenvalue weighted by Crippen LogP contribution is -2.05. The molecule has 2 rings (SSSR count). The van der Waals surface area contributed by atoms with E-state index in [1.807, 2.05) is 43.3 Å². The molecule has 0 N–H and O–H groups in total. The smallest absolute Gasteiger partial charge is 0.331 e. The van der Waals surface area contributed by atoms with Crippen LogP contribution in [-0.4, -0.2) is 5.97 Å². The maximum Gasteiger partial charge on any atom is 0.331 e.